The number of nitrogens with zero attached hydrogens (tertiary/aromatic N) is 3. The highest BCUT2D eigenvalue weighted by atomic mass is 16.4. The molecule has 0 spiro atoms. The zero-order valence-corrected chi connectivity index (χ0v) is 8.30. The second-order valence-corrected chi connectivity index (χ2v) is 3.39. The van der Waals surface area contributed by atoms with Crippen molar-refractivity contribution in [2.24, 2.45) is 0 Å². The molecule has 0 aromatic heterocycles. The van der Waals surface area contributed by atoms with Crippen molar-refractivity contribution in [3.63, 3.8) is 0 Å². The highest BCUT2D eigenvalue weighted by Crippen LogP contribution is 2.08. The minimum atomic E-state index is -0.976. The third-order valence-electron chi connectivity index (χ3n) is 2.51. The fourth-order valence-electron chi connectivity index (χ4n) is 1.61. The number of nitriles is 1. The third kappa shape index (κ3) is 2.92. The molecule has 0 aromatic carbocycles. The van der Waals surface area contributed by atoms with Gasteiger partial charge in [0.1, 0.15) is 6.04 Å². The number of amides is 1. The van der Waals surface area contributed by atoms with E-state index in [1.165, 1.54) is 0 Å². The topological polar surface area (TPSA) is 84.6 Å². The minimum absolute atomic E-state index is 0.0174. The molecule has 1 aliphatic heterocycles. The summed E-state index contributed by atoms with van der Waals surface area (Å²) in [5.41, 5.74) is 0. The van der Waals surface area contributed by atoms with E-state index in [2.05, 4.69) is 0 Å². The molecule has 0 aromatic rings. The van der Waals surface area contributed by atoms with Gasteiger partial charge in [-0.05, 0) is 0 Å². The van der Waals surface area contributed by atoms with Crippen molar-refractivity contribution in [1.82, 2.24) is 9.80 Å². The Morgan fingerprint density at radius 3 is 2.47 bits per heavy atom. The quantitative estimate of drug-likeness (QED) is 0.611. The molecule has 82 valence electrons. The predicted molar refractivity (Wildman–Crippen MR) is 50.9 cm³/mol. The van der Waals surface area contributed by atoms with E-state index in [0.717, 1.165) is 6.41 Å². The lowest BCUT2D eigenvalue weighted by atomic mass is 10.1. The molecule has 1 saturated heterocycles. The SMILES string of the molecule is N#CCC(C(=O)O)N1CCN(C=O)CC1. The lowest BCUT2D eigenvalue weighted by molar-refractivity contribution is -0.144. The van der Waals surface area contributed by atoms with Crippen LogP contribution in [-0.4, -0.2) is 59.5 Å². The number of hydrogen-bond acceptors (Lipinski definition) is 4. The van der Waals surface area contributed by atoms with Gasteiger partial charge >= 0.3 is 5.97 Å². The molecule has 1 fully saturated rings. The molecular formula is C9H13N3O3. The number of carboxylic acids is 1. The van der Waals surface area contributed by atoms with Crippen LogP contribution in [0, 0.1) is 11.3 Å². The van der Waals surface area contributed by atoms with Gasteiger partial charge in [-0.15, -0.1) is 0 Å². The number of carboxylic acid groups (broad SMARTS) is 1. The molecule has 1 rings (SSSR count). The van der Waals surface area contributed by atoms with Crippen LogP contribution >= 0.6 is 0 Å². The van der Waals surface area contributed by atoms with Crippen molar-refractivity contribution in [3.05, 3.63) is 0 Å². The van der Waals surface area contributed by atoms with Gasteiger partial charge in [-0.2, -0.15) is 5.26 Å². The number of carbonyl (C=O) groups excluding carboxylic acids is 1. The molecule has 0 saturated carbocycles. The lowest BCUT2D eigenvalue weighted by Crippen LogP contribution is -2.52. The predicted octanol–water partition coefficient (Wildman–Crippen LogP) is -0.873. The Balaban J connectivity index is 2.53. The Kier molecular flexibility index (Phi) is 4.06. The summed E-state index contributed by atoms with van der Waals surface area (Å²) in [6, 6.07) is 1.12. The van der Waals surface area contributed by atoms with Crippen LogP contribution in [0.25, 0.3) is 0 Å². The third-order valence-corrected chi connectivity index (χ3v) is 2.51. The zero-order valence-electron chi connectivity index (χ0n) is 8.30. The zero-order chi connectivity index (χ0) is 11.3. The molecule has 6 heteroatoms. The van der Waals surface area contributed by atoms with E-state index in [-0.39, 0.29) is 6.42 Å². The smallest absolute Gasteiger partial charge is 0.321 e. The van der Waals surface area contributed by atoms with Crippen LogP contribution in [0.15, 0.2) is 0 Å². The van der Waals surface area contributed by atoms with Crippen LogP contribution in [0.5, 0.6) is 0 Å². The van der Waals surface area contributed by atoms with E-state index < -0.39 is 12.0 Å². The van der Waals surface area contributed by atoms with Crippen molar-refractivity contribution in [3.8, 4) is 6.07 Å². The molecule has 1 heterocycles. The van der Waals surface area contributed by atoms with Crippen molar-refractivity contribution in [2.45, 2.75) is 12.5 Å². The molecule has 1 amide bonds. The van der Waals surface area contributed by atoms with Gasteiger partial charge in [-0.25, -0.2) is 0 Å². The molecule has 6 nitrogen and oxygen atoms in total. The molecule has 1 unspecified atom stereocenters. The van der Waals surface area contributed by atoms with Crippen LogP contribution in [0.4, 0.5) is 0 Å². The van der Waals surface area contributed by atoms with E-state index in [1.54, 1.807) is 9.80 Å². The van der Waals surface area contributed by atoms with Crippen LogP contribution in [0.2, 0.25) is 0 Å². The Hall–Kier alpha value is -1.61. The summed E-state index contributed by atoms with van der Waals surface area (Å²) < 4.78 is 0. The summed E-state index contributed by atoms with van der Waals surface area (Å²) in [5.74, 6) is -0.976. The summed E-state index contributed by atoms with van der Waals surface area (Å²) >= 11 is 0. The first-order chi connectivity index (χ1) is 7.19. The summed E-state index contributed by atoms with van der Waals surface area (Å²) in [5, 5.41) is 17.4. The van der Waals surface area contributed by atoms with E-state index in [1.807, 2.05) is 6.07 Å². The molecule has 0 radical (unpaired) electrons. The van der Waals surface area contributed by atoms with E-state index in [0.29, 0.717) is 26.2 Å². The second kappa shape index (κ2) is 5.32. The van der Waals surface area contributed by atoms with Crippen molar-refractivity contribution in [1.29, 1.82) is 5.26 Å². The highest BCUT2D eigenvalue weighted by molar-refractivity contribution is 5.73. The first kappa shape index (κ1) is 11.5. The molecule has 0 aliphatic carbocycles. The minimum Gasteiger partial charge on any atom is -0.480 e. The maximum Gasteiger partial charge on any atom is 0.321 e. The Morgan fingerprint density at radius 1 is 1.47 bits per heavy atom. The summed E-state index contributed by atoms with van der Waals surface area (Å²) in [7, 11) is 0. The van der Waals surface area contributed by atoms with Crippen LogP contribution in [0.1, 0.15) is 6.42 Å². The van der Waals surface area contributed by atoms with Gasteiger partial charge in [0.25, 0.3) is 0 Å². The van der Waals surface area contributed by atoms with E-state index in [4.69, 9.17) is 10.4 Å². The van der Waals surface area contributed by atoms with Crippen molar-refractivity contribution < 1.29 is 14.7 Å². The lowest BCUT2D eigenvalue weighted by Gasteiger charge is -2.35. The van der Waals surface area contributed by atoms with Crippen molar-refractivity contribution >= 4 is 12.4 Å². The molecule has 1 aliphatic rings. The number of hydrogen-bond donors (Lipinski definition) is 1. The highest BCUT2D eigenvalue weighted by Gasteiger charge is 2.28. The number of carbonyl (C=O) groups is 2. The molecule has 15 heavy (non-hydrogen) atoms. The van der Waals surface area contributed by atoms with Crippen LogP contribution in [-0.2, 0) is 9.59 Å². The van der Waals surface area contributed by atoms with Crippen LogP contribution < -0.4 is 0 Å². The monoisotopic (exact) mass is 211 g/mol. The average Bonchev–Trinajstić information content (AvgIpc) is 2.26. The van der Waals surface area contributed by atoms with Gasteiger partial charge in [-0.1, -0.05) is 0 Å². The van der Waals surface area contributed by atoms with Crippen molar-refractivity contribution in [2.75, 3.05) is 26.2 Å². The molecule has 1 N–H and O–H groups in total. The Bertz CT molecular complexity index is 279. The first-order valence-electron chi connectivity index (χ1n) is 4.72. The van der Waals surface area contributed by atoms with E-state index in [9.17, 15) is 9.59 Å². The van der Waals surface area contributed by atoms with Gasteiger partial charge in [0, 0.05) is 26.2 Å². The summed E-state index contributed by atoms with van der Waals surface area (Å²) in [4.78, 5) is 24.6. The maximum atomic E-state index is 10.9. The number of piperazine rings is 1. The summed E-state index contributed by atoms with van der Waals surface area (Å²) in [6.07, 6.45) is 0.744. The largest absolute Gasteiger partial charge is 0.480 e. The van der Waals surface area contributed by atoms with Gasteiger partial charge in [0.15, 0.2) is 0 Å². The number of aliphatic carboxylic acids is 1. The van der Waals surface area contributed by atoms with Gasteiger partial charge in [0.2, 0.25) is 6.41 Å². The number of rotatable bonds is 4. The fourth-order valence-corrected chi connectivity index (χ4v) is 1.61. The molecular weight excluding hydrogens is 198 g/mol. The standard InChI is InChI=1S/C9H13N3O3/c10-2-1-8(9(14)15)12-5-3-11(7-13)4-6-12/h7-8H,1,3-6H2,(H,14,15). The van der Waals surface area contributed by atoms with E-state index >= 15 is 0 Å². The normalized spacial score (nSPS) is 19.3. The Morgan fingerprint density at radius 2 is 2.07 bits per heavy atom. The average molecular weight is 211 g/mol. The van der Waals surface area contributed by atoms with Crippen LogP contribution in [0.3, 0.4) is 0 Å². The van der Waals surface area contributed by atoms with Gasteiger partial charge < -0.3 is 10.0 Å². The van der Waals surface area contributed by atoms with Gasteiger partial charge in [-0.3, -0.25) is 14.5 Å². The second-order valence-electron chi connectivity index (χ2n) is 3.39. The summed E-state index contributed by atoms with van der Waals surface area (Å²) in [6.45, 7) is 2.08. The maximum absolute atomic E-state index is 10.9. The molecule has 0 bridgehead atoms. The Labute approximate surface area is 87.7 Å². The van der Waals surface area contributed by atoms with Gasteiger partial charge in [0.05, 0.1) is 12.5 Å². The molecule has 1 atom stereocenters. The first-order valence-corrected chi connectivity index (χ1v) is 4.72. The fraction of sp³-hybridized carbons (Fsp3) is 0.667.